The lowest BCUT2D eigenvalue weighted by Gasteiger charge is -2.45. The fraction of sp³-hybridized carbons (Fsp3) is 0.310. The van der Waals surface area contributed by atoms with Gasteiger partial charge in [0.2, 0.25) is 5.91 Å². The van der Waals surface area contributed by atoms with Gasteiger partial charge in [-0.3, -0.25) is 9.59 Å². The fourth-order valence-electron chi connectivity index (χ4n) is 5.50. The van der Waals surface area contributed by atoms with Crippen LogP contribution in [0.5, 0.6) is 0 Å². The zero-order valence-electron chi connectivity index (χ0n) is 19.4. The maximum Gasteiger partial charge on any atom is 0.254 e. The molecule has 3 aromatic carbocycles. The van der Waals surface area contributed by atoms with E-state index in [1.165, 1.54) is 11.1 Å². The molecule has 2 atom stereocenters. The molecule has 1 heterocycles. The Morgan fingerprint density at radius 2 is 1.62 bits per heavy atom. The summed E-state index contributed by atoms with van der Waals surface area (Å²) >= 11 is 0. The smallest absolute Gasteiger partial charge is 0.254 e. The zero-order valence-corrected chi connectivity index (χ0v) is 19.4. The van der Waals surface area contributed by atoms with Gasteiger partial charge in [-0.15, -0.1) is 0 Å². The minimum Gasteiger partial charge on any atom is -0.392 e. The summed E-state index contributed by atoms with van der Waals surface area (Å²) in [6, 6.07) is 23.1. The molecule has 0 aromatic heterocycles. The molecule has 1 aliphatic heterocycles. The van der Waals surface area contributed by atoms with Gasteiger partial charge >= 0.3 is 0 Å². The van der Waals surface area contributed by atoms with Crippen molar-refractivity contribution in [1.29, 1.82) is 0 Å². The summed E-state index contributed by atoms with van der Waals surface area (Å²) < 4.78 is 0. The van der Waals surface area contributed by atoms with Crippen LogP contribution in [0.1, 0.15) is 63.5 Å². The Kier molecular flexibility index (Phi) is 6.20. The molecular weight excluding hydrogens is 424 g/mol. The van der Waals surface area contributed by atoms with Gasteiger partial charge < -0.3 is 15.3 Å². The van der Waals surface area contributed by atoms with E-state index in [1.807, 2.05) is 72.5 Å². The third-order valence-electron chi connectivity index (χ3n) is 7.13. The number of rotatable bonds is 6. The number of fused-ring (bicyclic) bond motifs is 2. The molecule has 34 heavy (non-hydrogen) atoms. The van der Waals surface area contributed by atoms with Gasteiger partial charge in [0.1, 0.15) is 0 Å². The Bertz CT molecular complexity index is 1180. The van der Waals surface area contributed by atoms with Gasteiger partial charge in [0.15, 0.2) is 0 Å². The number of amides is 2. The number of hydrogen-bond acceptors (Lipinski definition) is 3. The summed E-state index contributed by atoms with van der Waals surface area (Å²) in [7, 11) is 0. The Balaban J connectivity index is 1.64. The van der Waals surface area contributed by atoms with Crippen LogP contribution >= 0.6 is 0 Å². The lowest BCUT2D eigenvalue weighted by atomic mass is 9.78. The zero-order chi connectivity index (χ0) is 23.7. The minimum atomic E-state index is -0.510. The third-order valence-corrected chi connectivity index (χ3v) is 7.13. The van der Waals surface area contributed by atoms with Crippen LogP contribution in [0.25, 0.3) is 0 Å². The number of aliphatic hydroxyl groups is 1. The average Bonchev–Trinajstić information content (AvgIpc) is 3.31. The summed E-state index contributed by atoms with van der Waals surface area (Å²) in [4.78, 5) is 29.6. The number of carbonyl (C=O) groups excluding carboxylic acids is 2. The predicted molar refractivity (Wildman–Crippen MR) is 131 cm³/mol. The Morgan fingerprint density at radius 1 is 0.971 bits per heavy atom. The minimum absolute atomic E-state index is 0.0239. The second-order valence-electron chi connectivity index (χ2n) is 9.24. The first-order valence-electron chi connectivity index (χ1n) is 12.1. The molecule has 0 bridgehead atoms. The second kappa shape index (κ2) is 9.43. The lowest BCUT2D eigenvalue weighted by Crippen LogP contribution is -2.52. The number of aliphatic hydroxyl groups excluding tert-OH is 1. The van der Waals surface area contributed by atoms with Crippen LogP contribution in [0.15, 0.2) is 72.8 Å². The van der Waals surface area contributed by atoms with Crippen LogP contribution in [-0.4, -0.2) is 34.4 Å². The van der Waals surface area contributed by atoms with E-state index in [9.17, 15) is 14.7 Å². The van der Waals surface area contributed by atoms with Gasteiger partial charge in [-0.05, 0) is 53.1 Å². The van der Waals surface area contributed by atoms with E-state index in [2.05, 4.69) is 17.4 Å². The molecule has 3 aromatic rings. The van der Waals surface area contributed by atoms with E-state index in [-0.39, 0.29) is 24.5 Å². The molecule has 2 amide bonds. The van der Waals surface area contributed by atoms with E-state index >= 15 is 0 Å². The van der Waals surface area contributed by atoms with Gasteiger partial charge in [-0.1, -0.05) is 73.7 Å². The molecule has 0 unspecified atom stereocenters. The Hall–Kier alpha value is -3.44. The Labute approximate surface area is 200 Å². The number of hydrogen-bond donors (Lipinski definition) is 2. The van der Waals surface area contributed by atoms with E-state index in [0.29, 0.717) is 12.1 Å². The molecule has 0 spiro atoms. The molecule has 0 radical (unpaired) electrons. The van der Waals surface area contributed by atoms with Crippen molar-refractivity contribution in [2.75, 3.05) is 6.54 Å². The molecular formula is C29H30N2O3. The summed E-state index contributed by atoms with van der Waals surface area (Å²) in [5.74, 6) is -0.591. The summed E-state index contributed by atoms with van der Waals surface area (Å²) in [6.07, 6.45) is 2.40. The van der Waals surface area contributed by atoms with Gasteiger partial charge in [-0.25, -0.2) is 0 Å². The molecule has 5 heteroatoms. The summed E-state index contributed by atoms with van der Waals surface area (Å²) in [6.45, 7) is 2.58. The van der Waals surface area contributed by atoms with Crippen molar-refractivity contribution >= 4 is 11.8 Å². The molecule has 0 saturated carbocycles. The first-order chi connectivity index (χ1) is 16.6. The number of carbonyl (C=O) groups is 2. The van der Waals surface area contributed by atoms with Crippen LogP contribution in [0.3, 0.4) is 0 Å². The third kappa shape index (κ3) is 3.90. The summed E-state index contributed by atoms with van der Waals surface area (Å²) in [5.41, 5.74) is 5.63. The number of benzene rings is 3. The van der Waals surface area contributed by atoms with Gasteiger partial charge in [0.25, 0.3) is 5.91 Å². The predicted octanol–water partition coefficient (Wildman–Crippen LogP) is 4.15. The van der Waals surface area contributed by atoms with Crippen LogP contribution < -0.4 is 5.32 Å². The van der Waals surface area contributed by atoms with E-state index in [1.54, 1.807) is 0 Å². The van der Waals surface area contributed by atoms with E-state index in [0.717, 1.165) is 36.0 Å². The second-order valence-corrected chi connectivity index (χ2v) is 9.24. The highest BCUT2D eigenvalue weighted by Gasteiger charge is 2.47. The molecule has 0 saturated heterocycles. The standard InChI is InChI=1S/C29H30N2O3/c1-2-15-30-28(33)26-24-9-5-6-10-25(24)29(34)31(23-16-21-7-3-4-8-22(21)17-23)27(26)20-13-11-19(18-32)12-14-20/h3-14,23,26-27,32H,2,15-18H2,1H3,(H,30,33)/t26-,27+/m1/s1. The highest BCUT2D eigenvalue weighted by atomic mass is 16.3. The van der Waals surface area contributed by atoms with Gasteiger partial charge in [0.05, 0.1) is 18.6 Å². The van der Waals surface area contributed by atoms with Crippen LogP contribution in [0, 0.1) is 0 Å². The molecule has 2 aliphatic rings. The maximum absolute atomic E-state index is 14.0. The molecule has 5 nitrogen and oxygen atoms in total. The quantitative estimate of drug-likeness (QED) is 0.588. The number of nitrogens with one attached hydrogen (secondary N) is 1. The first-order valence-corrected chi connectivity index (χ1v) is 12.1. The number of nitrogens with zero attached hydrogens (tertiary/aromatic N) is 1. The van der Waals surface area contributed by atoms with Crippen molar-refractivity contribution in [3.8, 4) is 0 Å². The lowest BCUT2D eigenvalue weighted by molar-refractivity contribution is -0.124. The van der Waals surface area contributed by atoms with Crippen LogP contribution in [-0.2, 0) is 24.2 Å². The largest absolute Gasteiger partial charge is 0.392 e. The molecule has 174 valence electrons. The average molecular weight is 455 g/mol. The highest BCUT2D eigenvalue weighted by molar-refractivity contribution is 6.01. The van der Waals surface area contributed by atoms with Crippen molar-refractivity contribution in [2.24, 2.45) is 0 Å². The summed E-state index contributed by atoms with van der Waals surface area (Å²) in [5, 5.41) is 12.6. The normalized spacial score (nSPS) is 19.6. The SMILES string of the molecule is CCCNC(=O)[C@@H]1c2ccccc2C(=O)N(C2Cc3ccccc3C2)[C@H]1c1ccc(CO)cc1. The van der Waals surface area contributed by atoms with Gasteiger partial charge in [0, 0.05) is 18.2 Å². The topological polar surface area (TPSA) is 69.6 Å². The monoisotopic (exact) mass is 454 g/mol. The van der Waals surface area contributed by atoms with Crippen LogP contribution in [0.2, 0.25) is 0 Å². The van der Waals surface area contributed by atoms with Crippen molar-refractivity contribution in [3.63, 3.8) is 0 Å². The first kappa shape index (κ1) is 22.4. The van der Waals surface area contributed by atoms with Gasteiger partial charge in [-0.2, -0.15) is 0 Å². The van der Waals surface area contributed by atoms with E-state index in [4.69, 9.17) is 0 Å². The Morgan fingerprint density at radius 3 is 2.26 bits per heavy atom. The van der Waals surface area contributed by atoms with Crippen molar-refractivity contribution < 1.29 is 14.7 Å². The highest BCUT2D eigenvalue weighted by Crippen LogP contribution is 2.45. The molecule has 0 fully saturated rings. The van der Waals surface area contributed by atoms with Crippen molar-refractivity contribution in [2.45, 2.75) is 50.8 Å². The molecule has 2 N–H and O–H groups in total. The molecule has 5 rings (SSSR count). The van der Waals surface area contributed by atoms with Crippen molar-refractivity contribution in [1.82, 2.24) is 10.2 Å². The maximum atomic E-state index is 14.0. The van der Waals surface area contributed by atoms with E-state index < -0.39 is 12.0 Å². The fourth-order valence-corrected chi connectivity index (χ4v) is 5.50. The molecule has 1 aliphatic carbocycles. The van der Waals surface area contributed by atoms with Crippen LogP contribution in [0.4, 0.5) is 0 Å². The van der Waals surface area contributed by atoms with Crippen molar-refractivity contribution in [3.05, 3.63) is 106 Å².